The molecule has 0 radical (unpaired) electrons. The third-order valence-electron chi connectivity index (χ3n) is 4.12. The van der Waals surface area contributed by atoms with Crippen LogP contribution in [-0.4, -0.2) is 17.0 Å². The minimum atomic E-state index is -1.86. The molecule has 1 aliphatic heterocycles. The van der Waals surface area contributed by atoms with Gasteiger partial charge in [-0.3, -0.25) is 4.79 Å². The molecule has 0 fully saturated rings. The fourth-order valence-electron chi connectivity index (χ4n) is 2.64. The van der Waals surface area contributed by atoms with Crippen LogP contribution in [0.3, 0.4) is 0 Å². The lowest BCUT2D eigenvalue weighted by Crippen LogP contribution is -2.40. The zero-order valence-corrected chi connectivity index (χ0v) is 13.5. The maximum Gasteiger partial charge on any atom is 0.337 e. The molecule has 0 spiro atoms. The lowest BCUT2D eigenvalue weighted by molar-refractivity contribution is -0.156. The average Bonchev–Trinajstić information content (AvgIpc) is 2.55. The second-order valence-corrected chi connectivity index (χ2v) is 5.34. The van der Waals surface area contributed by atoms with E-state index in [4.69, 9.17) is 9.47 Å². The smallest absolute Gasteiger partial charge is 0.337 e. The quantitative estimate of drug-likeness (QED) is 0.513. The Balaban J connectivity index is 2.38. The minimum absolute atomic E-state index is 0.404. The highest BCUT2D eigenvalue weighted by atomic mass is 16.5. The Bertz CT molecular complexity index is 673. The van der Waals surface area contributed by atoms with Gasteiger partial charge in [0.25, 0.3) is 0 Å². The number of ether oxygens (including phenoxy) is 2. The van der Waals surface area contributed by atoms with E-state index in [9.17, 15) is 14.7 Å². The fourth-order valence-corrected chi connectivity index (χ4v) is 2.64. The highest BCUT2D eigenvalue weighted by Crippen LogP contribution is 2.31. The molecule has 0 amide bonds. The first-order valence-corrected chi connectivity index (χ1v) is 7.54. The summed E-state index contributed by atoms with van der Waals surface area (Å²) in [5.41, 5.74) is 1.31. The number of rotatable bonds is 5. The van der Waals surface area contributed by atoms with E-state index in [2.05, 4.69) is 6.92 Å². The normalized spacial score (nSPS) is 15.1. The van der Waals surface area contributed by atoms with Gasteiger partial charge >= 0.3 is 11.9 Å². The van der Waals surface area contributed by atoms with Crippen molar-refractivity contribution in [2.75, 3.05) is 0 Å². The van der Waals surface area contributed by atoms with E-state index < -0.39 is 17.4 Å². The second kappa shape index (κ2) is 6.69. The van der Waals surface area contributed by atoms with Crippen LogP contribution in [-0.2, 0) is 27.2 Å². The highest BCUT2D eigenvalue weighted by molar-refractivity contribution is 6.04. The highest BCUT2D eigenvalue weighted by Gasteiger charge is 2.45. The number of esters is 1. The molecule has 122 valence electrons. The summed E-state index contributed by atoms with van der Waals surface area (Å²) in [6.45, 7) is 6.01. The van der Waals surface area contributed by atoms with Crippen molar-refractivity contribution in [3.05, 3.63) is 53.5 Å². The van der Waals surface area contributed by atoms with E-state index in [1.54, 1.807) is 6.07 Å². The van der Waals surface area contributed by atoms with E-state index in [1.807, 2.05) is 19.9 Å². The van der Waals surface area contributed by atoms with E-state index in [1.165, 1.54) is 30.2 Å². The van der Waals surface area contributed by atoms with Gasteiger partial charge in [0, 0.05) is 0 Å². The molecule has 0 aliphatic carbocycles. The van der Waals surface area contributed by atoms with Gasteiger partial charge in [-0.15, -0.1) is 0 Å². The van der Waals surface area contributed by atoms with Gasteiger partial charge < -0.3 is 14.6 Å². The zero-order valence-electron chi connectivity index (χ0n) is 13.5. The van der Waals surface area contributed by atoms with E-state index in [0.29, 0.717) is 12.2 Å². The van der Waals surface area contributed by atoms with E-state index >= 15 is 0 Å². The average molecular weight is 316 g/mol. The topological polar surface area (TPSA) is 72.8 Å². The first kappa shape index (κ1) is 16.8. The van der Waals surface area contributed by atoms with Crippen molar-refractivity contribution in [1.82, 2.24) is 0 Å². The van der Waals surface area contributed by atoms with Crippen molar-refractivity contribution in [2.45, 2.75) is 33.6 Å². The lowest BCUT2D eigenvalue weighted by Gasteiger charge is -2.23. The molecule has 1 N–H and O–H groups in total. The largest absolute Gasteiger partial charge is 0.480 e. The summed E-state index contributed by atoms with van der Waals surface area (Å²) >= 11 is 0. The number of carboxylic acid groups (broad SMARTS) is 1. The number of aliphatic carboxylic acids is 1. The summed E-state index contributed by atoms with van der Waals surface area (Å²) in [5.74, 6) is -1.77. The monoisotopic (exact) mass is 316 g/mol. The molecule has 0 unspecified atom stereocenters. The van der Waals surface area contributed by atoms with Crippen molar-refractivity contribution in [3.63, 3.8) is 0 Å². The van der Waals surface area contributed by atoms with E-state index in [0.717, 1.165) is 17.5 Å². The van der Waals surface area contributed by atoms with Crippen LogP contribution in [0.4, 0.5) is 0 Å². The Morgan fingerprint density at radius 1 is 1.17 bits per heavy atom. The SMILES string of the molecule is CCc1ccc(OC(=O)C2(C(=O)O)C=COC=C2)c(CC)c1C. The van der Waals surface area contributed by atoms with Crippen LogP contribution >= 0.6 is 0 Å². The number of hydrogen-bond acceptors (Lipinski definition) is 4. The predicted molar refractivity (Wildman–Crippen MR) is 85.0 cm³/mol. The summed E-state index contributed by atoms with van der Waals surface area (Å²) in [6.07, 6.45) is 6.27. The first-order valence-electron chi connectivity index (χ1n) is 7.54. The third-order valence-corrected chi connectivity index (χ3v) is 4.12. The summed E-state index contributed by atoms with van der Waals surface area (Å²) in [7, 11) is 0. The Kier molecular flexibility index (Phi) is 4.89. The maximum atomic E-state index is 12.5. The van der Waals surface area contributed by atoms with Crippen LogP contribution in [0.25, 0.3) is 0 Å². The van der Waals surface area contributed by atoms with E-state index in [-0.39, 0.29) is 0 Å². The van der Waals surface area contributed by atoms with Crippen LogP contribution in [0.5, 0.6) is 5.75 Å². The molecule has 0 saturated carbocycles. The summed E-state index contributed by atoms with van der Waals surface area (Å²) in [5, 5.41) is 9.44. The molecule has 0 bridgehead atoms. The van der Waals surface area contributed by atoms with Crippen LogP contribution in [0.1, 0.15) is 30.5 Å². The van der Waals surface area contributed by atoms with Crippen molar-refractivity contribution in [2.24, 2.45) is 5.41 Å². The van der Waals surface area contributed by atoms with Gasteiger partial charge in [-0.05, 0) is 54.7 Å². The molecular weight excluding hydrogens is 296 g/mol. The lowest BCUT2D eigenvalue weighted by atomic mass is 9.87. The van der Waals surface area contributed by atoms with Crippen molar-refractivity contribution in [1.29, 1.82) is 0 Å². The summed E-state index contributed by atoms with van der Waals surface area (Å²) in [4.78, 5) is 24.1. The molecule has 2 rings (SSSR count). The molecule has 1 aromatic rings. The van der Waals surface area contributed by atoms with Crippen molar-refractivity contribution < 1.29 is 24.2 Å². The summed E-state index contributed by atoms with van der Waals surface area (Å²) in [6, 6.07) is 3.63. The van der Waals surface area contributed by atoms with Crippen molar-refractivity contribution in [3.8, 4) is 5.75 Å². The second-order valence-electron chi connectivity index (χ2n) is 5.34. The number of carbonyl (C=O) groups is 2. The van der Waals surface area contributed by atoms with Crippen LogP contribution in [0.2, 0.25) is 0 Å². The molecule has 0 atom stereocenters. The van der Waals surface area contributed by atoms with Crippen LogP contribution < -0.4 is 4.74 Å². The molecule has 1 heterocycles. The van der Waals surface area contributed by atoms with Gasteiger partial charge in [-0.2, -0.15) is 0 Å². The molecule has 5 nitrogen and oxygen atoms in total. The number of hydrogen-bond donors (Lipinski definition) is 1. The first-order chi connectivity index (χ1) is 11.0. The molecule has 1 aromatic carbocycles. The number of benzene rings is 1. The zero-order chi connectivity index (χ0) is 17.0. The maximum absolute atomic E-state index is 12.5. The Labute approximate surface area is 135 Å². The molecule has 5 heteroatoms. The van der Waals surface area contributed by atoms with Gasteiger partial charge in [0.1, 0.15) is 5.75 Å². The van der Waals surface area contributed by atoms with Crippen LogP contribution in [0, 0.1) is 12.3 Å². The number of carboxylic acids is 1. The molecule has 0 aromatic heterocycles. The van der Waals surface area contributed by atoms with Crippen LogP contribution in [0.15, 0.2) is 36.8 Å². The predicted octanol–water partition coefficient (Wildman–Crippen LogP) is 3.15. The standard InChI is InChI=1S/C18H20O5/c1-4-13-6-7-15(14(5-2)12(13)3)23-17(21)18(16(19)20)8-10-22-11-9-18/h6-11H,4-5H2,1-3H3,(H,19,20). The Hall–Kier alpha value is -2.56. The number of carbonyl (C=O) groups excluding carboxylic acids is 1. The molecular formula is C18H20O5. The summed E-state index contributed by atoms with van der Waals surface area (Å²) < 4.78 is 10.3. The molecule has 0 saturated heterocycles. The fraction of sp³-hybridized carbons (Fsp3) is 0.333. The minimum Gasteiger partial charge on any atom is -0.480 e. The van der Waals surface area contributed by atoms with Gasteiger partial charge in [-0.25, -0.2) is 4.79 Å². The molecule has 23 heavy (non-hydrogen) atoms. The third kappa shape index (κ3) is 2.99. The Morgan fingerprint density at radius 3 is 2.35 bits per heavy atom. The van der Waals surface area contributed by atoms with Gasteiger partial charge in [0.05, 0.1) is 12.5 Å². The van der Waals surface area contributed by atoms with Gasteiger partial charge in [0.2, 0.25) is 5.41 Å². The van der Waals surface area contributed by atoms with Gasteiger partial charge in [0.15, 0.2) is 0 Å². The number of aryl methyl sites for hydroxylation is 1. The molecule has 1 aliphatic rings. The van der Waals surface area contributed by atoms with Crippen molar-refractivity contribution >= 4 is 11.9 Å². The van der Waals surface area contributed by atoms with Gasteiger partial charge in [-0.1, -0.05) is 19.9 Å². The Morgan fingerprint density at radius 2 is 1.83 bits per heavy atom.